The molecule has 1 aliphatic carbocycles. The summed E-state index contributed by atoms with van der Waals surface area (Å²) in [5.74, 6) is 0.201. The summed E-state index contributed by atoms with van der Waals surface area (Å²) >= 11 is 0. The van der Waals surface area contributed by atoms with Crippen LogP contribution in [-0.4, -0.2) is 39.0 Å². The highest BCUT2D eigenvalue weighted by atomic mass is 32.2. The van der Waals surface area contributed by atoms with Crippen molar-refractivity contribution < 1.29 is 17.5 Å². The molecule has 0 unspecified atom stereocenters. The number of nitrogens with zero attached hydrogens (tertiary/aromatic N) is 1. The highest BCUT2D eigenvalue weighted by Gasteiger charge is 2.39. The molecule has 3 atom stereocenters. The number of rotatable bonds is 3. The van der Waals surface area contributed by atoms with E-state index in [9.17, 15) is 12.8 Å². The summed E-state index contributed by atoms with van der Waals surface area (Å²) in [5.41, 5.74) is 2.51. The molecule has 0 spiro atoms. The Morgan fingerprint density at radius 2 is 1.83 bits per heavy atom. The molecule has 29 heavy (non-hydrogen) atoms. The van der Waals surface area contributed by atoms with E-state index in [1.807, 2.05) is 18.2 Å². The van der Waals surface area contributed by atoms with Crippen LogP contribution in [0, 0.1) is 11.7 Å². The molecule has 0 bridgehead atoms. The average molecular weight is 415 g/mol. The lowest BCUT2D eigenvalue weighted by molar-refractivity contribution is 0.0730. The summed E-state index contributed by atoms with van der Waals surface area (Å²) in [6.45, 7) is 1.59. The van der Waals surface area contributed by atoms with Crippen LogP contribution >= 0.6 is 0 Å². The number of anilines is 1. The van der Waals surface area contributed by atoms with E-state index in [-0.39, 0.29) is 28.6 Å². The number of benzene rings is 2. The predicted molar refractivity (Wildman–Crippen MR) is 109 cm³/mol. The molecule has 1 fully saturated rings. The SMILES string of the molecule is O=S(=O)(c1ccc([C@@H]2Nc3c(F)cccc3[C@H]3C=CC[C@H]32)cc1)N1CCOCC1. The molecule has 5 nitrogen and oxygen atoms in total. The minimum absolute atomic E-state index is 0.0699. The number of allylic oxidation sites excluding steroid dienone is 2. The maximum absolute atomic E-state index is 14.5. The van der Waals surface area contributed by atoms with Gasteiger partial charge in [0.25, 0.3) is 0 Å². The van der Waals surface area contributed by atoms with Gasteiger partial charge in [-0.15, -0.1) is 0 Å². The van der Waals surface area contributed by atoms with Gasteiger partial charge in [-0.1, -0.05) is 36.4 Å². The third-order valence-electron chi connectivity index (χ3n) is 6.19. The summed E-state index contributed by atoms with van der Waals surface area (Å²) in [6, 6.07) is 12.2. The molecule has 152 valence electrons. The zero-order valence-corrected chi connectivity index (χ0v) is 16.7. The van der Waals surface area contributed by atoms with Crippen molar-refractivity contribution in [3.8, 4) is 0 Å². The van der Waals surface area contributed by atoms with Crippen LogP contribution in [-0.2, 0) is 14.8 Å². The van der Waals surface area contributed by atoms with E-state index in [4.69, 9.17) is 4.74 Å². The molecule has 2 heterocycles. The molecular formula is C22H23FN2O3S. The van der Waals surface area contributed by atoms with Crippen molar-refractivity contribution in [1.29, 1.82) is 0 Å². The molecule has 2 aromatic rings. The number of ether oxygens (including phenoxy) is 1. The lowest BCUT2D eigenvalue weighted by Crippen LogP contribution is -2.40. The van der Waals surface area contributed by atoms with E-state index < -0.39 is 10.0 Å². The topological polar surface area (TPSA) is 58.6 Å². The van der Waals surface area contributed by atoms with Crippen molar-refractivity contribution in [2.75, 3.05) is 31.6 Å². The molecule has 5 rings (SSSR count). The molecule has 2 aromatic carbocycles. The van der Waals surface area contributed by atoms with Gasteiger partial charge in [-0.2, -0.15) is 4.31 Å². The second kappa shape index (κ2) is 7.23. The summed E-state index contributed by atoms with van der Waals surface area (Å²) in [6.07, 6.45) is 5.22. The molecule has 0 amide bonds. The van der Waals surface area contributed by atoms with Crippen molar-refractivity contribution in [2.45, 2.75) is 23.3 Å². The fourth-order valence-corrected chi connectivity index (χ4v) is 6.10. The van der Waals surface area contributed by atoms with Gasteiger partial charge in [0.2, 0.25) is 10.0 Å². The Labute approximate surface area is 170 Å². The van der Waals surface area contributed by atoms with Gasteiger partial charge in [-0.05, 0) is 41.7 Å². The molecule has 0 saturated carbocycles. The van der Waals surface area contributed by atoms with Crippen molar-refractivity contribution in [2.24, 2.45) is 5.92 Å². The predicted octanol–water partition coefficient (Wildman–Crippen LogP) is 3.67. The van der Waals surface area contributed by atoms with Crippen LogP contribution < -0.4 is 5.32 Å². The second-order valence-electron chi connectivity index (χ2n) is 7.77. The zero-order chi connectivity index (χ0) is 20.0. The van der Waals surface area contributed by atoms with Gasteiger partial charge in [0, 0.05) is 19.0 Å². The number of fused-ring (bicyclic) bond motifs is 3. The lowest BCUT2D eigenvalue weighted by atomic mass is 9.77. The molecule has 3 aliphatic rings. The number of hydrogen-bond acceptors (Lipinski definition) is 4. The second-order valence-corrected chi connectivity index (χ2v) is 9.70. The highest BCUT2D eigenvalue weighted by molar-refractivity contribution is 7.89. The normalized spacial score (nSPS) is 26.6. The van der Waals surface area contributed by atoms with Gasteiger partial charge < -0.3 is 10.1 Å². The van der Waals surface area contributed by atoms with Gasteiger partial charge in [-0.25, -0.2) is 12.8 Å². The number of morpholine rings is 1. The first-order valence-electron chi connectivity index (χ1n) is 9.95. The van der Waals surface area contributed by atoms with E-state index in [0.29, 0.717) is 32.0 Å². The smallest absolute Gasteiger partial charge is 0.243 e. The van der Waals surface area contributed by atoms with Gasteiger partial charge in [0.05, 0.1) is 29.8 Å². The van der Waals surface area contributed by atoms with Gasteiger partial charge in [-0.3, -0.25) is 0 Å². The Hall–Kier alpha value is -2.22. The zero-order valence-electron chi connectivity index (χ0n) is 15.9. The summed E-state index contributed by atoms with van der Waals surface area (Å²) in [4.78, 5) is 0.284. The summed E-state index contributed by atoms with van der Waals surface area (Å²) in [5, 5.41) is 3.38. The Morgan fingerprint density at radius 3 is 2.59 bits per heavy atom. The summed E-state index contributed by atoms with van der Waals surface area (Å²) in [7, 11) is -3.52. The van der Waals surface area contributed by atoms with Crippen LogP contribution in [0.4, 0.5) is 10.1 Å². The molecule has 0 radical (unpaired) electrons. The fourth-order valence-electron chi connectivity index (χ4n) is 4.70. The van der Waals surface area contributed by atoms with Crippen molar-refractivity contribution in [3.05, 3.63) is 71.6 Å². The van der Waals surface area contributed by atoms with E-state index in [1.54, 1.807) is 18.2 Å². The molecule has 1 saturated heterocycles. The Kier molecular flexibility index (Phi) is 4.69. The van der Waals surface area contributed by atoms with E-state index in [0.717, 1.165) is 17.5 Å². The van der Waals surface area contributed by atoms with Crippen LogP contribution in [0.25, 0.3) is 0 Å². The fraction of sp³-hybridized carbons (Fsp3) is 0.364. The number of halogens is 1. The largest absolute Gasteiger partial charge is 0.379 e. The number of para-hydroxylation sites is 1. The maximum atomic E-state index is 14.5. The number of nitrogens with one attached hydrogen (secondary N) is 1. The minimum Gasteiger partial charge on any atom is -0.379 e. The van der Waals surface area contributed by atoms with E-state index in [2.05, 4.69) is 17.5 Å². The first-order valence-corrected chi connectivity index (χ1v) is 11.4. The molecule has 7 heteroatoms. The first-order chi connectivity index (χ1) is 14.1. The Bertz CT molecular complexity index is 1050. The maximum Gasteiger partial charge on any atom is 0.243 e. The quantitative estimate of drug-likeness (QED) is 0.779. The van der Waals surface area contributed by atoms with Crippen LogP contribution in [0.15, 0.2) is 59.5 Å². The monoisotopic (exact) mass is 414 g/mol. The van der Waals surface area contributed by atoms with Crippen LogP contribution in [0.1, 0.15) is 29.5 Å². The first kappa shape index (κ1) is 18.8. The number of hydrogen-bond donors (Lipinski definition) is 1. The van der Waals surface area contributed by atoms with Crippen LogP contribution in [0.3, 0.4) is 0 Å². The summed E-state index contributed by atoms with van der Waals surface area (Å²) < 4.78 is 46.9. The standard InChI is InChI=1S/C22H23FN2O3S/c23-20-6-2-5-19-17-3-1-4-18(17)21(24-22(19)20)15-7-9-16(10-8-15)29(26,27)25-11-13-28-14-12-25/h1-3,5-10,17-18,21,24H,4,11-14H2/t17-,18+,21-/m0/s1. The van der Waals surface area contributed by atoms with Gasteiger partial charge in [0.1, 0.15) is 5.82 Å². The Morgan fingerprint density at radius 1 is 1.07 bits per heavy atom. The van der Waals surface area contributed by atoms with Crippen LogP contribution in [0.2, 0.25) is 0 Å². The van der Waals surface area contributed by atoms with Gasteiger partial charge >= 0.3 is 0 Å². The molecule has 0 aromatic heterocycles. The highest BCUT2D eigenvalue weighted by Crippen LogP contribution is 2.50. The number of sulfonamides is 1. The average Bonchev–Trinajstić information content (AvgIpc) is 3.25. The van der Waals surface area contributed by atoms with Gasteiger partial charge in [0.15, 0.2) is 0 Å². The van der Waals surface area contributed by atoms with Crippen molar-refractivity contribution in [3.63, 3.8) is 0 Å². The van der Waals surface area contributed by atoms with Crippen LogP contribution in [0.5, 0.6) is 0 Å². The molecular weight excluding hydrogens is 391 g/mol. The third kappa shape index (κ3) is 3.17. The molecule has 1 N–H and O–H groups in total. The minimum atomic E-state index is -3.52. The Balaban J connectivity index is 1.45. The van der Waals surface area contributed by atoms with Crippen molar-refractivity contribution >= 4 is 15.7 Å². The lowest BCUT2D eigenvalue weighted by Gasteiger charge is -2.37. The molecule has 2 aliphatic heterocycles. The van der Waals surface area contributed by atoms with Crippen molar-refractivity contribution in [1.82, 2.24) is 4.31 Å². The van der Waals surface area contributed by atoms with E-state index in [1.165, 1.54) is 10.4 Å². The van der Waals surface area contributed by atoms with E-state index >= 15 is 0 Å². The third-order valence-corrected chi connectivity index (χ3v) is 8.11.